The van der Waals surface area contributed by atoms with Crippen LogP contribution in [0.4, 0.5) is 0 Å². The first kappa shape index (κ1) is 12.4. The van der Waals surface area contributed by atoms with E-state index in [2.05, 4.69) is 33.5 Å². The molecule has 1 heterocycles. The fourth-order valence-corrected chi connectivity index (χ4v) is 2.91. The maximum atomic E-state index is 7.74. The molecule has 0 aliphatic carbocycles. The van der Waals surface area contributed by atoms with Gasteiger partial charge in [-0.25, -0.2) is 0 Å². The second kappa shape index (κ2) is 5.08. The molecule has 1 aliphatic heterocycles. The van der Waals surface area contributed by atoms with Gasteiger partial charge in [0.25, 0.3) is 0 Å². The van der Waals surface area contributed by atoms with Crippen LogP contribution in [0.25, 0.3) is 0 Å². The average molecular weight is 246 g/mol. The van der Waals surface area contributed by atoms with E-state index in [0.717, 1.165) is 5.57 Å². The zero-order chi connectivity index (χ0) is 13.4. The molecule has 0 N–H and O–H groups in total. The normalized spacial score (nSPS) is 38.2. The lowest BCUT2D eigenvalue weighted by Gasteiger charge is -2.27. The maximum absolute atomic E-state index is 7.74. The molecule has 2 nitrogen and oxygen atoms in total. The molecule has 16 heavy (non-hydrogen) atoms. The molecule has 1 saturated heterocycles. The van der Waals surface area contributed by atoms with Crippen LogP contribution < -0.4 is 0 Å². The first-order chi connectivity index (χ1) is 7.63. The summed E-state index contributed by atoms with van der Waals surface area (Å²) in [5.74, 6) is 0.343. The molecule has 1 rings (SSSR count). The van der Waals surface area contributed by atoms with E-state index in [1.807, 2.05) is 6.92 Å². The first-order valence-corrected chi connectivity index (χ1v) is 8.58. The number of allylic oxidation sites excluding steroid dienone is 1. The monoisotopic (exact) mass is 246 g/mol. The van der Waals surface area contributed by atoms with Gasteiger partial charge in [0.15, 0.2) is 0 Å². The van der Waals surface area contributed by atoms with Crippen LogP contribution >= 0.6 is 7.11 Å². The third kappa shape index (κ3) is 3.23. The third-order valence-electron chi connectivity index (χ3n) is 3.15. The molecule has 0 aromatic rings. The van der Waals surface area contributed by atoms with Crippen LogP contribution in [0.5, 0.6) is 0 Å². The molecule has 0 aromatic heterocycles. The lowest BCUT2D eigenvalue weighted by Crippen LogP contribution is -2.29. The van der Waals surface area contributed by atoms with Crippen molar-refractivity contribution in [3.63, 3.8) is 0 Å². The van der Waals surface area contributed by atoms with Crippen LogP contribution in [0.2, 0.25) is 0 Å². The average Bonchev–Trinajstić information content (AvgIpc) is 2.42. The Bertz CT molecular complexity index is 354. The molecule has 0 radical (unpaired) electrons. The van der Waals surface area contributed by atoms with E-state index >= 15 is 0 Å². The molecule has 4 atom stereocenters. The predicted octanol–water partition coefficient (Wildman–Crippen LogP) is 3.39. The van der Waals surface area contributed by atoms with Crippen molar-refractivity contribution in [3.05, 3.63) is 11.6 Å². The van der Waals surface area contributed by atoms with Gasteiger partial charge in [0.1, 0.15) is 6.10 Å². The highest BCUT2D eigenvalue weighted by Crippen LogP contribution is 2.45. The number of hydrogen-bond acceptors (Lipinski definition) is 2. The molecular formula is C13H25O2P. The minimum Gasteiger partial charge on any atom is -0.368 e. The van der Waals surface area contributed by atoms with Crippen molar-refractivity contribution < 1.29 is 10.6 Å². The highest BCUT2D eigenvalue weighted by Gasteiger charge is 2.41. The molecule has 0 unspecified atom stereocenters. The van der Waals surface area contributed by atoms with Crippen molar-refractivity contribution in [1.82, 2.24) is 0 Å². The van der Waals surface area contributed by atoms with Gasteiger partial charge in [-0.1, -0.05) is 19.3 Å². The summed E-state index contributed by atoms with van der Waals surface area (Å²) >= 11 is 0. The fraction of sp³-hybridized carbons (Fsp3) is 0.769. The minimum absolute atomic E-state index is 0.0335. The molecular weight excluding hydrogens is 219 g/mol. The quantitative estimate of drug-likeness (QED) is 0.561. The number of rotatable bonds is 3. The fourth-order valence-electron chi connectivity index (χ4n) is 1.95. The summed E-state index contributed by atoms with van der Waals surface area (Å²) in [6, 6.07) is 0.574. The summed E-state index contributed by atoms with van der Waals surface area (Å²) in [6.45, 7) is 12.1. The van der Waals surface area contributed by atoms with Gasteiger partial charge in [-0.15, -0.1) is 0 Å². The van der Waals surface area contributed by atoms with Gasteiger partial charge in [-0.2, -0.15) is 0 Å². The largest absolute Gasteiger partial charge is 0.368 e. The van der Waals surface area contributed by atoms with Crippen molar-refractivity contribution in [1.29, 1.82) is 0 Å². The van der Waals surface area contributed by atoms with Crippen molar-refractivity contribution >= 4 is 13.4 Å². The second-order valence-electron chi connectivity index (χ2n) is 5.20. The smallest absolute Gasteiger partial charge is 0.105 e. The molecule has 0 bridgehead atoms. The summed E-state index contributed by atoms with van der Waals surface area (Å²) < 4.78 is 19.8. The molecule has 3 heteroatoms. The summed E-state index contributed by atoms with van der Waals surface area (Å²) in [4.78, 5) is 0. The molecule has 0 spiro atoms. The SMILES string of the molecule is [3H]/C(C)=C(\C)[C@H]1O[C@@H](C)[C@H](C)[C@@H]1OP(=C)(C)C. The second-order valence-corrected chi connectivity index (χ2v) is 8.56. The van der Waals surface area contributed by atoms with Crippen LogP contribution in [-0.4, -0.2) is 37.9 Å². The van der Waals surface area contributed by atoms with Gasteiger partial charge in [0.2, 0.25) is 0 Å². The van der Waals surface area contributed by atoms with Gasteiger partial charge in [0.05, 0.1) is 13.6 Å². The third-order valence-corrected chi connectivity index (χ3v) is 3.96. The Morgan fingerprint density at radius 1 is 1.50 bits per heavy atom. The Morgan fingerprint density at radius 2 is 2.06 bits per heavy atom. The molecule has 0 amide bonds. The van der Waals surface area contributed by atoms with Crippen LogP contribution in [0, 0.1) is 5.92 Å². The van der Waals surface area contributed by atoms with Crippen molar-refractivity contribution in [2.75, 3.05) is 13.3 Å². The number of hydrogen-bond donors (Lipinski definition) is 0. The van der Waals surface area contributed by atoms with Crippen LogP contribution in [-0.2, 0) is 9.26 Å². The molecule has 94 valence electrons. The molecule has 1 fully saturated rings. The van der Waals surface area contributed by atoms with Crippen molar-refractivity contribution in [2.45, 2.75) is 46.0 Å². The van der Waals surface area contributed by atoms with E-state index in [-0.39, 0.29) is 18.3 Å². The lowest BCUT2D eigenvalue weighted by atomic mass is 9.96. The first-order valence-electron chi connectivity index (χ1n) is 6.29. The summed E-state index contributed by atoms with van der Waals surface area (Å²) in [7, 11) is -1.55. The van der Waals surface area contributed by atoms with Crippen LogP contribution in [0.1, 0.15) is 29.1 Å². The van der Waals surface area contributed by atoms with E-state index in [9.17, 15) is 0 Å². The highest BCUT2D eigenvalue weighted by molar-refractivity contribution is 7.67. The zero-order valence-corrected chi connectivity index (χ0v) is 12.2. The molecule has 1 aliphatic rings. The van der Waals surface area contributed by atoms with E-state index in [1.54, 1.807) is 6.92 Å². The zero-order valence-electron chi connectivity index (χ0n) is 12.3. The highest BCUT2D eigenvalue weighted by atomic mass is 31.2. The van der Waals surface area contributed by atoms with E-state index in [1.165, 1.54) is 0 Å². The summed E-state index contributed by atoms with van der Waals surface area (Å²) in [6.07, 6.45) is 4.22. The van der Waals surface area contributed by atoms with Crippen molar-refractivity contribution in [3.8, 4) is 0 Å². The Labute approximate surface area is 101 Å². The maximum Gasteiger partial charge on any atom is 0.105 e. The van der Waals surface area contributed by atoms with Gasteiger partial charge < -0.3 is 9.26 Å². The molecule has 0 saturated carbocycles. The molecule has 0 aromatic carbocycles. The Hall–Kier alpha value is -0.0400. The number of ether oxygens (including phenoxy) is 1. The predicted molar refractivity (Wildman–Crippen MR) is 73.7 cm³/mol. The Morgan fingerprint density at radius 3 is 2.50 bits per heavy atom. The standard InChI is InChI=1S/C13H25O2P/c1-8-9(2)12-13(15-16(5,6)7)10(3)11(4)14-12/h8,10-13H,5H2,1-4,6-7H3/b9-8-/t10-,11-,12+,13-/m0/s1/i8T. The summed E-state index contributed by atoms with van der Waals surface area (Å²) in [5.41, 5.74) is 0.972. The van der Waals surface area contributed by atoms with Crippen LogP contribution in [0.3, 0.4) is 0 Å². The van der Waals surface area contributed by atoms with Gasteiger partial charge in [0, 0.05) is 5.92 Å². The van der Waals surface area contributed by atoms with Gasteiger partial charge >= 0.3 is 0 Å². The van der Waals surface area contributed by atoms with Gasteiger partial charge in [-0.3, -0.25) is 0 Å². The lowest BCUT2D eigenvalue weighted by molar-refractivity contribution is 0.0488. The van der Waals surface area contributed by atoms with Gasteiger partial charge in [-0.05, 0) is 46.8 Å². The summed E-state index contributed by atoms with van der Waals surface area (Å²) in [5, 5.41) is 0. The Kier molecular flexibility index (Phi) is 3.94. The Balaban J connectivity index is 2.97. The topological polar surface area (TPSA) is 18.5 Å². The minimum atomic E-state index is -1.55. The van der Waals surface area contributed by atoms with Crippen LogP contribution in [0.15, 0.2) is 11.6 Å². The van der Waals surface area contributed by atoms with E-state index < -0.39 is 7.11 Å². The van der Waals surface area contributed by atoms with E-state index in [0.29, 0.717) is 12.0 Å². The van der Waals surface area contributed by atoms with E-state index in [4.69, 9.17) is 10.6 Å². The van der Waals surface area contributed by atoms with Crippen molar-refractivity contribution in [2.24, 2.45) is 5.92 Å².